The quantitative estimate of drug-likeness (QED) is 0.461. The Morgan fingerprint density at radius 1 is 1.22 bits per heavy atom. The molecule has 0 saturated carbocycles. The Morgan fingerprint density at radius 2 is 2.03 bits per heavy atom. The van der Waals surface area contributed by atoms with Gasteiger partial charge in [-0.3, -0.25) is 4.79 Å². The van der Waals surface area contributed by atoms with Crippen LogP contribution in [0.1, 0.15) is 23.4 Å². The van der Waals surface area contributed by atoms with Crippen LogP contribution in [0.15, 0.2) is 45.6 Å². The average Bonchev–Trinajstić information content (AvgIpc) is 3.20. The molecule has 0 aliphatic carbocycles. The van der Waals surface area contributed by atoms with E-state index in [4.69, 9.17) is 9.15 Å². The van der Waals surface area contributed by atoms with Gasteiger partial charge in [-0.05, 0) is 66.6 Å². The summed E-state index contributed by atoms with van der Waals surface area (Å²) in [5.74, 6) is 0.135. The van der Waals surface area contributed by atoms with Crippen molar-refractivity contribution in [2.75, 3.05) is 12.4 Å². The van der Waals surface area contributed by atoms with Crippen molar-refractivity contribution < 1.29 is 18.3 Å². The lowest BCUT2D eigenvalue weighted by Crippen LogP contribution is -2.17. The molecule has 0 spiro atoms. The summed E-state index contributed by atoms with van der Waals surface area (Å²) >= 11 is 0. The summed E-state index contributed by atoms with van der Waals surface area (Å²) < 4.78 is 26.0. The minimum Gasteiger partial charge on any atom is -0.497 e. The molecule has 1 N–H and O–H groups in total. The first-order valence-corrected chi connectivity index (χ1v) is 9.82. The number of aryl methyl sites for hydroxylation is 2. The highest BCUT2D eigenvalue weighted by Crippen LogP contribution is 2.25. The van der Waals surface area contributed by atoms with Crippen LogP contribution in [0.4, 0.5) is 10.1 Å². The van der Waals surface area contributed by atoms with Gasteiger partial charge in [-0.2, -0.15) is 4.68 Å². The van der Waals surface area contributed by atoms with Crippen LogP contribution in [-0.4, -0.2) is 33.2 Å². The zero-order chi connectivity index (χ0) is 22.8. The summed E-state index contributed by atoms with van der Waals surface area (Å²) in [6, 6.07) is 9.36. The van der Waals surface area contributed by atoms with Crippen molar-refractivity contribution in [3.8, 4) is 11.4 Å². The number of rotatable bonds is 6. The fourth-order valence-electron chi connectivity index (χ4n) is 3.46. The van der Waals surface area contributed by atoms with E-state index in [1.807, 2.05) is 13.0 Å². The van der Waals surface area contributed by atoms with Crippen molar-refractivity contribution in [3.63, 3.8) is 0 Å². The summed E-state index contributed by atoms with van der Waals surface area (Å²) in [6.45, 7) is 3.46. The van der Waals surface area contributed by atoms with Gasteiger partial charge in [0.2, 0.25) is 5.91 Å². The van der Waals surface area contributed by atoms with E-state index in [1.54, 1.807) is 19.1 Å². The van der Waals surface area contributed by atoms with Crippen molar-refractivity contribution in [1.29, 1.82) is 0 Å². The molecule has 32 heavy (non-hydrogen) atoms. The first-order valence-electron chi connectivity index (χ1n) is 9.82. The fraction of sp³-hybridized carbons (Fsp3) is 0.227. The van der Waals surface area contributed by atoms with E-state index in [9.17, 15) is 14.0 Å². The number of nitrogens with zero attached hydrogens (tertiary/aromatic N) is 4. The molecule has 0 radical (unpaired) electrons. The summed E-state index contributed by atoms with van der Waals surface area (Å²) in [5, 5.41) is 14.5. The number of fused-ring (bicyclic) bond motifs is 1. The van der Waals surface area contributed by atoms with Crippen molar-refractivity contribution in [3.05, 3.63) is 69.6 Å². The number of benzene rings is 2. The largest absolute Gasteiger partial charge is 0.497 e. The lowest BCUT2D eigenvalue weighted by atomic mass is 10.0. The van der Waals surface area contributed by atoms with Gasteiger partial charge in [0.15, 0.2) is 5.82 Å². The van der Waals surface area contributed by atoms with Crippen LogP contribution < -0.4 is 15.7 Å². The van der Waals surface area contributed by atoms with E-state index < -0.39 is 11.4 Å². The Morgan fingerprint density at radius 3 is 2.75 bits per heavy atom. The standard InChI is InChI=1S/C22H20FN5O4/c1-12-16-6-5-15(31-3)11-20(16)32-22(30)17(12)7-9-21(29)24-14-4-8-18(23)19(10-14)28-13(2)25-26-27-28/h4-6,8,10-11H,7,9H2,1-3H3,(H,24,29). The van der Waals surface area contributed by atoms with Gasteiger partial charge >= 0.3 is 5.63 Å². The Hall–Kier alpha value is -4.08. The highest BCUT2D eigenvalue weighted by atomic mass is 19.1. The molecule has 4 rings (SSSR count). The number of anilines is 1. The number of ether oxygens (including phenoxy) is 1. The summed E-state index contributed by atoms with van der Waals surface area (Å²) in [4.78, 5) is 25.0. The number of halogens is 1. The molecular weight excluding hydrogens is 417 g/mol. The molecule has 10 heteroatoms. The van der Waals surface area contributed by atoms with Crippen LogP contribution in [0.2, 0.25) is 0 Å². The second-order valence-corrected chi connectivity index (χ2v) is 7.21. The van der Waals surface area contributed by atoms with E-state index in [2.05, 4.69) is 20.8 Å². The fourth-order valence-corrected chi connectivity index (χ4v) is 3.46. The molecule has 9 nitrogen and oxygen atoms in total. The molecule has 1 amide bonds. The van der Waals surface area contributed by atoms with E-state index in [0.717, 1.165) is 10.9 Å². The smallest absolute Gasteiger partial charge is 0.339 e. The first-order chi connectivity index (χ1) is 15.4. The molecule has 0 atom stereocenters. The lowest BCUT2D eigenvalue weighted by molar-refractivity contribution is -0.116. The van der Waals surface area contributed by atoms with Crippen LogP contribution in [0.3, 0.4) is 0 Å². The van der Waals surface area contributed by atoms with Gasteiger partial charge in [-0.1, -0.05) is 0 Å². The highest BCUT2D eigenvalue weighted by molar-refractivity contribution is 5.91. The van der Waals surface area contributed by atoms with Crippen LogP contribution >= 0.6 is 0 Å². The molecule has 4 aromatic rings. The van der Waals surface area contributed by atoms with Crippen LogP contribution in [-0.2, 0) is 11.2 Å². The molecule has 0 bridgehead atoms. The van der Waals surface area contributed by atoms with Crippen molar-refractivity contribution in [2.45, 2.75) is 26.7 Å². The number of methoxy groups -OCH3 is 1. The van der Waals surface area contributed by atoms with Crippen molar-refractivity contribution >= 4 is 22.6 Å². The van der Waals surface area contributed by atoms with Gasteiger partial charge in [0.1, 0.15) is 22.8 Å². The topological polar surface area (TPSA) is 112 Å². The zero-order valence-electron chi connectivity index (χ0n) is 17.7. The third kappa shape index (κ3) is 4.07. The SMILES string of the molecule is COc1ccc2c(C)c(CCC(=O)Nc3ccc(F)c(-n4nnnc4C)c3)c(=O)oc2c1. The van der Waals surface area contributed by atoms with E-state index in [1.165, 1.54) is 30.0 Å². The van der Waals surface area contributed by atoms with E-state index >= 15 is 0 Å². The molecule has 0 fully saturated rings. The van der Waals surface area contributed by atoms with Gasteiger partial charge in [0.25, 0.3) is 0 Å². The first kappa shape index (κ1) is 21.2. The predicted octanol–water partition coefficient (Wildman–Crippen LogP) is 3.10. The lowest BCUT2D eigenvalue weighted by Gasteiger charge is -2.10. The molecular formula is C22H20FN5O4. The third-order valence-electron chi connectivity index (χ3n) is 5.18. The maximum atomic E-state index is 14.2. The van der Waals surface area contributed by atoms with Gasteiger partial charge in [-0.25, -0.2) is 9.18 Å². The Kier molecular flexibility index (Phi) is 5.67. The molecule has 2 aromatic carbocycles. The molecule has 164 valence electrons. The van der Waals surface area contributed by atoms with Gasteiger partial charge in [0.05, 0.1) is 7.11 Å². The normalized spacial score (nSPS) is 11.0. The molecule has 0 unspecified atom stereocenters. The average molecular weight is 437 g/mol. The van der Waals surface area contributed by atoms with Crippen LogP contribution in [0.5, 0.6) is 5.75 Å². The highest BCUT2D eigenvalue weighted by Gasteiger charge is 2.15. The summed E-state index contributed by atoms with van der Waals surface area (Å²) in [7, 11) is 1.53. The van der Waals surface area contributed by atoms with E-state index in [-0.39, 0.29) is 24.4 Å². The second kappa shape index (κ2) is 8.58. The molecule has 2 aromatic heterocycles. The number of amides is 1. The molecule has 0 saturated heterocycles. The number of carbonyl (C=O) groups excluding carboxylic acids is 1. The minimum absolute atomic E-state index is 0.0455. The molecule has 2 heterocycles. The van der Waals surface area contributed by atoms with Crippen LogP contribution in [0.25, 0.3) is 16.7 Å². The van der Waals surface area contributed by atoms with Gasteiger partial charge in [-0.15, -0.1) is 5.10 Å². The minimum atomic E-state index is -0.528. The maximum absolute atomic E-state index is 14.2. The monoisotopic (exact) mass is 437 g/mol. The number of nitrogens with one attached hydrogen (secondary N) is 1. The van der Waals surface area contributed by atoms with E-state index in [0.29, 0.717) is 28.4 Å². The summed E-state index contributed by atoms with van der Waals surface area (Å²) in [6.07, 6.45) is 0.242. The Labute approximate surface area is 181 Å². The van der Waals surface area contributed by atoms with Crippen LogP contribution in [0, 0.1) is 19.7 Å². The number of carbonyl (C=O) groups is 1. The number of aromatic nitrogens is 4. The zero-order valence-corrected chi connectivity index (χ0v) is 17.7. The molecule has 0 aliphatic rings. The second-order valence-electron chi connectivity index (χ2n) is 7.21. The number of hydrogen-bond donors (Lipinski definition) is 1. The predicted molar refractivity (Wildman–Crippen MR) is 115 cm³/mol. The van der Waals surface area contributed by atoms with Gasteiger partial charge in [0, 0.05) is 29.1 Å². The number of tetrazole rings is 1. The summed E-state index contributed by atoms with van der Waals surface area (Å²) in [5.41, 5.74) is 1.63. The number of hydrogen-bond acceptors (Lipinski definition) is 7. The maximum Gasteiger partial charge on any atom is 0.339 e. The van der Waals surface area contributed by atoms with Gasteiger partial charge < -0.3 is 14.5 Å². The Balaban J connectivity index is 1.51. The third-order valence-corrected chi connectivity index (χ3v) is 5.18. The van der Waals surface area contributed by atoms with Crippen molar-refractivity contribution in [2.24, 2.45) is 0 Å². The molecule has 0 aliphatic heterocycles. The van der Waals surface area contributed by atoms with Crippen molar-refractivity contribution in [1.82, 2.24) is 20.2 Å². The Bertz CT molecular complexity index is 1380.